The van der Waals surface area contributed by atoms with Crippen LogP contribution in [0.15, 0.2) is 21.9 Å². The highest BCUT2D eigenvalue weighted by atomic mass is 32.1. The minimum atomic E-state index is 0.0635. The van der Waals surface area contributed by atoms with Gasteiger partial charge in [0, 0.05) is 32.6 Å². The van der Waals surface area contributed by atoms with Crippen LogP contribution < -0.4 is 0 Å². The van der Waals surface area contributed by atoms with Crippen LogP contribution in [0.4, 0.5) is 0 Å². The van der Waals surface area contributed by atoms with E-state index in [2.05, 4.69) is 35.9 Å². The topological polar surface area (TPSA) is 62.5 Å². The number of hydrogen-bond donors (Lipinski definition) is 0. The van der Waals surface area contributed by atoms with Gasteiger partial charge in [0.1, 0.15) is 0 Å². The van der Waals surface area contributed by atoms with Crippen LogP contribution in [0.25, 0.3) is 10.8 Å². The third-order valence-corrected chi connectivity index (χ3v) is 5.19. The molecule has 0 radical (unpaired) electrons. The first kappa shape index (κ1) is 17.1. The zero-order valence-corrected chi connectivity index (χ0v) is 15.3. The van der Waals surface area contributed by atoms with Gasteiger partial charge < -0.3 is 9.32 Å². The van der Waals surface area contributed by atoms with Crippen molar-refractivity contribution in [3.63, 3.8) is 0 Å². The SMILES string of the molecule is CC(C)CC(=O)N1CCN([C@H](C)c2nnc(-c3cccs3)o2)CC1. The van der Waals surface area contributed by atoms with Gasteiger partial charge >= 0.3 is 0 Å². The molecule has 3 heterocycles. The molecule has 0 N–H and O–H groups in total. The number of carbonyl (C=O) groups is 1. The smallest absolute Gasteiger partial charge is 0.257 e. The first-order valence-electron chi connectivity index (χ1n) is 8.43. The molecule has 7 heteroatoms. The van der Waals surface area contributed by atoms with E-state index in [1.54, 1.807) is 11.3 Å². The molecule has 0 bridgehead atoms. The molecule has 0 aliphatic carbocycles. The molecule has 1 amide bonds. The van der Waals surface area contributed by atoms with Crippen molar-refractivity contribution in [2.24, 2.45) is 5.92 Å². The number of thiophene rings is 1. The van der Waals surface area contributed by atoms with E-state index in [0.29, 0.717) is 24.1 Å². The molecule has 0 aromatic carbocycles. The number of amides is 1. The van der Waals surface area contributed by atoms with E-state index in [1.807, 2.05) is 22.4 Å². The predicted octanol–water partition coefficient (Wildman–Crippen LogP) is 3.05. The molecule has 1 atom stereocenters. The lowest BCUT2D eigenvalue weighted by atomic mass is 10.1. The van der Waals surface area contributed by atoms with Crippen molar-refractivity contribution >= 4 is 17.2 Å². The van der Waals surface area contributed by atoms with Crippen molar-refractivity contribution in [1.29, 1.82) is 0 Å². The summed E-state index contributed by atoms with van der Waals surface area (Å²) >= 11 is 1.59. The van der Waals surface area contributed by atoms with Gasteiger partial charge in [0.15, 0.2) is 0 Å². The van der Waals surface area contributed by atoms with Gasteiger partial charge in [-0.2, -0.15) is 0 Å². The summed E-state index contributed by atoms with van der Waals surface area (Å²) in [5, 5.41) is 10.4. The summed E-state index contributed by atoms with van der Waals surface area (Å²) in [4.78, 5) is 17.4. The highest BCUT2D eigenvalue weighted by Gasteiger charge is 2.27. The van der Waals surface area contributed by atoms with Crippen molar-refractivity contribution in [1.82, 2.24) is 20.0 Å². The molecule has 1 fully saturated rings. The van der Waals surface area contributed by atoms with Crippen molar-refractivity contribution < 1.29 is 9.21 Å². The maximum absolute atomic E-state index is 12.2. The molecule has 2 aromatic heterocycles. The maximum Gasteiger partial charge on any atom is 0.257 e. The van der Waals surface area contributed by atoms with E-state index in [4.69, 9.17) is 4.42 Å². The van der Waals surface area contributed by atoms with Crippen LogP contribution in [-0.4, -0.2) is 52.1 Å². The van der Waals surface area contributed by atoms with E-state index in [-0.39, 0.29) is 11.9 Å². The van der Waals surface area contributed by atoms with Crippen LogP contribution in [0.5, 0.6) is 0 Å². The summed E-state index contributed by atoms with van der Waals surface area (Å²) < 4.78 is 5.84. The number of carbonyl (C=O) groups excluding carboxylic acids is 1. The summed E-state index contributed by atoms with van der Waals surface area (Å²) in [6.45, 7) is 9.44. The van der Waals surface area contributed by atoms with Gasteiger partial charge in [0.25, 0.3) is 5.89 Å². The molecule has 1 saturated heterocycles. The molecular formula is C17H24N4O2S. The molecule has 3 rings (SSSR count). The van der Waals surface area contributed by atoms with Crippen LogP contribution in [0.3, 0.4) is 0 Å². The van der Waals surface area contributed by atoms with Gasteiger partial charge in [-0.3, -0.25) is 9.69 Å². The van der Waals surface area contributed by atoms with E-state index in [9.17, 15) is 4.79 Å². The average molecular weight is 348 g/mol. The number of nitrogens with zero attached hydrogens (tertiary/aromatic N) is 4. The fraction of sp³-hybridized carbons (Fsp3) is 0.588. The lowest BCUT2D eigenvalue weighted by Gasteiger charge is -2.37. The normalized spacial score (nSPS) is 17.4. The lowest BCUT2D eigenvalue weighted by molar-refractivity contribution is -0.134. The predicted molar refractivity (Wildman–Crippen MR) is 93.6 cm³/mol. The van der Waals surface area contributed by atoms with E-state index < -0.39 is 0 Å². The van der Waals surface area contributed by atoms with Crippen molar-refractivity contribution in [2.75, 3.05) is 26.2 Å². The summed E-state index contributed by atoms with van der Waals surface area (Å²) in [5.41, 5.74) is 0. The van der Waals surface area contributed by atoms with E-state index in [0.717, 1.165) is 31.1 Å². The highest BCUT2D eigenvalue weighted by Crippen LogP contribution is 2.27. The fourth-order valence-electron chi connectivity index (χ4n) is 2.90. The second-order valence-electron chi connectivity index (χ2n) is 6.61. The largest absolute Gasteiger partial charge is 0.418 e. The van der Waals surface area contributed by atoms with Crippen molar-refractivity contribution in [3.8, 4) is 10.8 Å². The van der Waals surface area contributed by atoms with Crippen LogP contribution >= 0.6 is 11.3 Å². The Morgan fingerprint density at radius 3 is 2.62 bits per heavy atom. The zero-order chi connectivity index (χ0) is 17.1. The Hall–Kier alpha value is -1.73. The first-order valence-corrected chi connectivity index (χ1v) is 9.31. The first-order chi connectivity index (χ1) is 11.5. The van der Waals surface area contributed by atoms with Crippen LogP contribution in [0.2, 0.25) is 0 Å². The Morgan fingerprint density at radius 2 is 2.00 bits per heavy atom. The maximum atomic E-state index is 12.2. The molecule has 6 nitrogen and oxygen atoms in total. The van der Waals surface area contributed by atoms with E-state index in [1.165, 1.54) is 0 Å². The quantitative estimate of drug-likeness (QED) is 0.831. The van der Waals surface area contributed by atoms with Gasteiger partial charge in [-0.1, -0.05) is 19.9 Å². The Labute approximate surface area is 146 Å². The third-order valence-electron chi connectivity index (χ3n) is 4.33. The Kier molecular flexibility index (Phi) is 5.30. The van der Waals surface area contributed by atoms with Gasteiger partial charge in [-0.25, -0.2) is 0 Å². The monoisotopic (exact) mass is 348 g/mol. The molecule has 1 aliphatic rings. The molecule has 130 valence electrons. The molecule has 24 heavy (non-hydrogen) atoms. The second-order valence-corrected chi connectivity index (χ2v) is 7.56. The Morgan fingerprint density at radius 1 is 1.25 bits per heavy atom. The standard InChI is InChI=1S/C17H24N4O2S/c1-12(2)11-15(22)21-8-6-20(7-9-21)13(3)16-18-19-17(23-16)14-5-4-10-24-14/h4-5,10,12-13H,6-9,11H2,1-3H3/t13-/m1/s1. The molecular weight excluding hydrogens is 324 g/mol. The highest BCUT2D eigenvalue weighted by molar-refractivity contribution is 7.13. The average Bonchev–Trinajstić information content (AvgIpc) is 3.24. The minimum Gasteiger partial charge on any atom is -0.418 e. The van der Waals surface area contributed by atoms with Gasteiger partial charge in [-0.05, 0) is 24.3 Å². The lowest BCUT2D eigenvalue weighted by Crippen LogP contribution is -2.49. The summed E-state index contributed by atoms with van der Waals surface area (Å²) in [7, 11) is 0. The van der Waals surface area contributed by atoms with Gasteiger partial charge in [-0.15, -0.1) is 21.5 Å². The van der Waals surface area contributed by atoms with Gasteiger partial charge in [0.2, 0.25) is 11.8 Å². The number of rotatable bonds is 5. The summed E-state index contributed by atoms with van der Waals surface area (Å²) in [6, 6.07) is 4.01. The molecule has 0 saturated carbocycles. The van der Waals surface area contributed by atoms with Gasteiger partial charge in [0.05, 0.1) is 10.9 Å². The Bertz CT molecular complexity index is 660. The third kappa shape index (κ3) is 3.84. The van der Waals surface area contributed by atoms with Crippen LogP contribution in [0, 0.1) is 5.92 Å². The van der Waals surface area contributed by atoms with Crippen molar-refractivity contribution in [2.45, 2.75) is 33.2 Å². The minimum absolute atomic E-state index is 0.0635. The number of aromatic nitrogens is 2. The molecule has 0 unspecified atom stereocenters. The van der Waals surface area contributed by atoms with Crippen LogP contribution in [-0.2, 0) is 4.79 Å². The number of piperazine rings is 1. The molecule has 2 aromatic rings. The van der Waals surface area contributed by atoms with Crippen LogP contribution in [0.1, 0.15) is 39.1 Å². The molecule has 1 aliphatic heterocycles. The van der Waals surface area contributed by atoms with Crippen molar-refractivity contribution in [3.05, 3.63) is 23.4 Å². The second kappa shape index (κ2) is 7.44. The zero-order valence-electron chi connectivity index (χ0n) is 14.4. The summed E-state index contributed by atoms with van der Waals surface area (Å²) in [5.74, 6) is 1.89. The Balaban J connectivity index is 1.57. The molecule has 0 spiro atoms. The summed E-state index contributed by atoms with van der Waals surface area (Å²) in [6.07, 6.45) is 0.628. The fourth-order valence-corrected chi connectivity index (χ4v) is 3.54. The number of hydrogen-bond acceptors (Lipinski definition) is 6. The van der Waals surface area contributed by atoms with E-state index >= 15 is 0 Å².